The number of hydrogen-bond acceptors (Lipinski definition) is 6. The van der Waals surface area contributed by atoms with Crippen LogP contribution in [0.15, 0.2) is 29.2 Å². The van der Waals surface area contributed by atoms with E-state index in [0.717, 1.165) is 9.99 Å². The monoisotopic (exact) mass is 496 g/mol. The van der Waals surface area contributed by atoms with Gasteiger partial charge in [0.2, 0.25) is 15.9 Å². The van der Waals surface area contributed by atoms with Crippen molar-refractivity contribution < 1.29 is 22.7 Å². The molecular formula is C22H29ClN4O5S. The Hall–Kier alpha value is -2.56. The van der Waals surface area contributed by atoms with Crippen LogP contribution in [0.3, 0.4) is 0 Å². The number of nitrogens with one attached hydrogen (secondary N) is 1. The van der Waals surface area contributed by atoms with Crippen molar-refractivity contribution in [3.8, 4) is 0 Å². The number of ether oxygens (including phenoxy) is 1. The van der Waals surface area contributed by atoms with Crippen LogP contribution in [0.25, 0.3) is 0 Å². The zero-order valence-electron chi connectivity index (χ0n) is 19.2. The molecule has 1 fully saturated rings. The van der Waals surface area contributed by atoms with Crippen molar-refractivity contribution in [1.29, 1.82) is 0 Å². The number of aromatic amines is 1. The van der Waals surface area contributed by atoms with Crippen LogP contribution in [0.1, 0.15) is 28.7 Å². The van der Waals surface area contributed by atoms with E-state index in [1.165, 1.54) is 7.05 Å². The van der Waals surface area contributed by atoms with Gasteiger partial charge in [0.25, 0.3) is 0 Å². The first-order chi connectivity index (χ1) is 15.6. The first kappa shape index (κ1) is 25.1. The van der Waals surface area contributed by atoms with Gasteiger partial charge in [-0.15, -0.1) is 0 Å². The quantitative estimate of drug-likeness (QED) is 0.590. The minimum Gasteiger partial charge on any atom is -0.462 e. The number of nitrogens with zero attached hydrogens (tertiary/aromatic N) is 3. The lowest BCUT2D eigenvalue weighted by molar-refractivity contribution is -0.131. The largest absolute Gasteiger partial charge is 0.462 e. The molecule has 11 heteroatoms. The lowest BCUT2D eigenvalue weighted by Gasteiger charge is -2.36. The van der Waals surface area contributed by atoms with Gasteiger partial charge in [0.15, 0.2) is 0 Å². The van der Waals surface area contributed by atoms with Gasteiger partial charge in [-0.1, -0.05) is 17.7 Å². The van der Waals surface area contributed by atoms with Crippen molar-refractivity contribution in [3.05, 3.63) is 46.2 Å². The fraction of sp³-hybridized carbons (Fsp3) is 0.455. The summed E-state index contributed by atoms with van der Waals surface area (Å²) in [6.07, 6.45) is 0. The number of carbonyl (C=O) groups excluding carboxylic acids is 2. The third-order valence-electron chi connectivity index (χ3n) is 5.63. The maximum absolute atomic E-state index is 13.3. The predicted molar refractivity (Wildman–Crippen MR) is 126 cm³/mol. The Bertz CT molecular complexity index is 1140. The predicted octanol–water partition coefficient (Wildman–Crippen LogP) is 2.43. The van der Waals surface area contributed by atoms with E-state index >= 15 is 0 Å². The normalized spacial score (nSPS) is 14.6. The smallest absolute Gasteiger partial charge is 0.341 e. The summed E-state index contributed by atoms with van der Waals surface area (Å²) < 4.78 is 32.6. The van der Waals surface area contributed by atoms with Crippen molar-refractivity contribution in [1.82, 2.24) is 14.2 Å². The van der Waals surface area contributed by atoms with Crippen LogP contribution >= 0.6 is 11.6 Å². The van der Waals surface area contributed by atoms with Crippen molar-refractivity contribution in [2.45, 2.75) is 25.7 Å². The summed E-state index contributed by atoms with van der Waals surface area (Å²) in [7, 11) is -2.77. The molecule has 1 aliphatic heterocycles. The lowest BCUT2D eigenvalue weighted by Crippen LogP contribution is -2.51. The SMILES string of the molecule is CCOC(=O)c1c(C)[nH]c(C)c1S(=O)(=O)N(C)CC(=O)N1CCN(c2cccc(Cl)c2)CC1. The fourth-order valence-electron chi connectivity index (χ4n) is 3.95. The summed E-state index contributed by atoms with van der Waals surface area (Å²) >= 11 is 6.07. The average Bonchev–Trinajstić information content (AvgIpc) is 3.08. The fourth-order valence-corrected chi connectivity index (χ4v) is 5.66. The second kappa shape index (κ2) is 10.1. The molecule has 0 aliphatic carbocycles. The van der Waals surface area contributed by atoms with E-state index in [9.17, 15) is 18.0 Å². The van der Waals surface area contributed by atoms with E-state index in [4.69, 9.17) is 16.3 Å². The molecule has 33 heavy (non-hydrogen) atoms. The van der Waals surface area contributed by atoms with E-state index in [0.29, 0.717) is 42.6 Å². The Morgan fingerprint density at radius 1 is 1.15 bits per heavy atom. The molecule has 9 nitrogen and oxygen atoms in total. The highest BCUT2D eigenvalue weighted by Gasteiger charge is 2.34. The van der Waals surface area contributed by atoms with Crippen LogP contribution in [-0.2, 0) is 19.6 Å². The average molecular weight is 497 g/mol. The Balaban J connectivity index is 1.70. The Morgan fingerprint density at radius 3 is 2.42 bits per heavy atom. The minimum absolute atomic E-state index is 0.0243. The Morgan fingerprint density at radius 2 is 1.82 bits per heavy atom. The number of aryl methyl sites for hydroxylation is 2. The second-order valence-electron chi connectivity index (χ2n) is 7.91. The molecule has 2 heterocycles. The van der Waals surface area contributed by atoms with E-state index in [-0.39, 0.29) is 29.5 Å². The van der Waals surface area contributed by atoms with Crippen LogP contribution in [0.4, 0.5) is 5.69 Å². The maximum atomic E-state index is 13.3. The highest BCUT2D eigenvalue weighted by Crippen LogP contribution is 2.27. The highest BCUT2D eigenvalue weighted by atomic mass is 35.5. The summed E-state index contributed by atoms with van der Waals surface area (Å²) in [6.45, 7) is 6.81. The first-order valence-electron chi connectivity index (χ1n) is 10.7. The number of anilines is 1. The standard InChI is InChI=1S/C22H29ClN4O5S/c1-5-32-22(29)20-15(2)24-16(3)21(20)33(30,31)25(4)14-19(28)27-11-9-26(10-12-27)18-8-6-7-17(23)13-18/h6-8,13,24H,5,9-12,14H2,1-4H3. The van der Waals surface area contributed by atoms with Gasteiger partial charge in [0, 0.05) is 55.3 Å². The molecule has 0 spiro atoms. The summed E-state index contributed by atoms with van der Waals surface area (Å²) in [4.78, 5) is 31.8. The number of likely N-dealkylation sites (N-methyl/N-ethyl adjacent to an activating group) is 1. The van der Waals surface area contributed by atoms with Gasteiger partial charge in [-0.25, -0.2) is 13.2 Å². The highest BCUT2D eigenvalue weighted by molar-refractivity contribution is 7.89. The molecule has 1 aliphatic rings. The molecule has 0 unspecified atom stereocenters. The summed E-state index contributed by atoms with van der Waals surface area (Å²) in [6, 6.07) is 7.53. The van der Waals surface area contributed by atoms with Crippen molar-refractivity contribution >= 4 is 39.2 Å². The number of esters is 1. The number of piperazine rings is 1. The van der Waals surface area contributed by atoms with Crippen LogP contribution in [-0.4, -0.2) is 80.9 Å². The Kier molecular flexibility index (Phi) is 7.71. The van der Waals surface area contributed by atoms with Crippen molar-refractivity contribution in [3.63, 3.8) is 0 Å². The summed E-state index contributed by atoms with van der Waals surface area (Å²) in [5.74, 6) is -1.01. The second-order valence-corrected chi connectivity index (χ2v) is 10.3. The molecule has 1 aromatic heterocycles. The van der Waals surface area contributed by atoms with Gasteiger partial charge in [-0.3, -0.25) is 4.79 Å². The Labute approximate surface area is 199 Å². The van der Waals surface area contributed by atoms with E-state index < -0.39 is 16.0 Å². The van der Waals surface area contributed by atoms with Crippen LogP contribution in [0.5, 0.6) is 0 Å². The molecule has 2 aromatic rings. The van der Waals surface area contributed by atoms with Crippen molar-refractivity contribution in [2.24, 2.45) is 0 Å². The number of hydrogen-bond donors (Lipinski definition) is 1. The molecule has 0 bridgehead atoms. The lowest BCUT2D eigenvalue weighted by atomic mass is 10.2. The van der Waals surface area contributed by atoms with Gasteiger partial charge in [-0.2, -0.15) is 4.31 Å². The molecule has 3 rings (SSSR count). The third-order valence-corrected chi connectivity index (χ3v) is 7.84. The van der Waals surface area contributed by atoms with E-state index in [2.05, 4.69) is 9.88 Å². The van der Waals surface area contributed by atoms with E-state index in [1.807, 2.05) is 24.3 Å². The number of rotatable bonds is 7. The van der Waals surface area contributed by atoms with Gasteiger partial charge >= 0.3 is 5.97 Å². The molecule has 1 N–H and O–H groups in total. The molecular weight excluding hydrogens is 468 g/mol. The topological polar surface area (TPSA) is 103 Å². The minimum atomic E-state index is -4.11. The number of H-pyrrole nitrogens is 1. The zero-order valence-corrected chi connectivity index (χ0v) is 20.8. The van der Waals surface area contributed by atoms with Crippen LogP contribution in [0.2, 0.25) is 5.02 Å². The van der Waals surface area contributed by atoms with Gasteiger partial charge < -0.3 is 19.5 Å². The first-order valence-corrected chi connectivity index (χ1v) is 12.5. The summed E-state index contributed by atoms with van der Waals surface area (Å²) in [5.41, 5.74) is 1.69. The molecule has 1 amide bonds. The summed E-state index contributed by atoms with van der Waals surface area (Å²) in [5, 5.41) is 0.648. The molecule has 0 radical (unpaired) electrons. The molecule has 180 valence electrons. The number of aromatic nitrogens is 1. The molecule has 1 aromatic carbocycles. The number of amides is 1. The molecule has 0 atom stereocenters. The maximum Gasteiger partial charge on any atom is 0.341 e. The molecule has 0 saturated carbocycles. The van der Waals surface area contributed by atoms with Crippen LogP contribution in [0, 0.1) is 13.8 Å². The van der Waals surface area contributed by atoms with Gasteiger partial charge in [0.1, 0.15) is 10.5 Å². The van der Waals surface area contributed by atoms with Crippen molar-refractivity contribution in [2.75, 3.05) is 51.3 Å². The number of halogens is 1. The van der Waals surface area contributed by atoms with Crippen LogP contribution < -0.4 is 4.90 Å². The number of carbonyl (C=O) groups is 2. The number of benzene rings is 1. The van der Waals surface area contributed by atoms with Gasteiger partial charge in [0.05, 0.1) is 13.2 Å². The van der Waals surface area contributed by atoms with E-state index in [1.54, 1.807) is 25.7 Å². The zero-order chi connectivity index (χ0) is 24.3. The number of sulfonamides is 1. The third kappa shape index (κ3) is 5.34. The molecule has 1 saturated heterocycles. The van der Waals surface area contributed by atoms with Gasteiger partial charge in [-0.05, 0) is 39.0 Å².